The summed E-state index contributed by atoms with van der Waals surface area (Å²) in [5.74, 6) is 0.887. The summed E-state index contributed by atoms with van der Waals surface area (Å²) in [5.41, 5.74) is 1.59. The molecule has 0 radical (unpaired) electrons. The minimum atomic E-state index is -4.60. The highest BCUT2D eigenvalue weighted by Crippen LogP contribution is 2.36. The van der Waals surface area contributed by atoms with Crippen LogP contribution in [-0.2, 0) is 23.8 Å². The summed E-state index contributed by atoms with van der Waals surface area (Å²) in [5, 5.41) is 4.70. The Kier molecular flexibility index (Phi) is 5.84. The van der Waals surface area contributed by atoms with E-state index in [1.165, 1.54) is 6.07 Å². The molecule has 0 saturated carbocycles. The SMILES string of the molecule is CCOC1=CCc2c(cccc2NC(=O)Nc2ccc(Cl)c(C(F)(F)F)c2)C1. The predicted molar refractivity (Wildman–Crippen MR) is 103 cm³/mol. The van der Waals surface area contributed by atoms with Gasteiger partial charge in [0.2, 0.25) is 0 Å². The quantitative estimate of drug-likeness (QED) is 0.647. The topological polar surface area (TPSA) is 50.4 Å². The molecule has 28 heavy (non-hydrogen) atoms. The molecule has 0 aliphatic heterocycles. The summed E-state index contributed by atoms with van der Waals surface area (Å²) >= 11 is 5.60. The second-order valence-corrected chi connectivity index (χ2v) is 6.61. The number of carbonyl (C=O) groups excluding carboxylic acids is 1. The van der Waals surface area contributed by atoms with Gasteiger partial charge in [0, 0.05) is 17.8 Å². The molecule has 0 unspecified atom stereocenters. The Morgan fingerprint density at radius 3 is 2.71 bits per heavy atom. The lowest BCUT2D eigenvalue weighted by molar-refractivity contribution is -0.137. The summed E-state index contributed by atoms with van der Waals surface area (Å²) in [6, 6.07) is 8.11. The van der Waals surface area contributed by atoms with Crippen molar-refractivity contribution in [1.29, 1.82) is 0 Å². The maximum Gasteiger partial charge on any atom is 0.417 e. The molecule has 0 atom stereocenters. The molecule has 0 aromatic heterocycles. The molecule has 0 fully saturated rings. The van der Waals surface area contributed by atoms with Gasteiger partial charge in [-0.05, 0) is 54.8 Å². The smallest absolute Gasteiger partial charge is 0.417 e. The van der Waals surface area contributed by atoms with Crippen LogP contribution in [0.3, 0.4) is 0 Å². The van der Waals surface area contributed by atoms with Crippen molar-refractivity contribution in [1.82, 2.24) is 0 Å². The first-order valence-electron chi connectivity index (χ1n) is 8.65. The molecule has 2 amide bonds. The summed E-state index contributed by atoms with van der Waals surface area (Å²) in [4.78, 5) is 12.3. The molecule has 2 aromatic rings. The molecule has 0 saturated heterocycles. The monoisotopic (exact) mass is 410 g/mol. The minimum absolute atomic E-state index is 0.00227. The lowest BCUT2D eigenvalue weighted by Gasteiger charge is -2.20. The number of hydrogen-bond acceptors (Lipinski definition) is 2. The average Bonchev–Trinajstić information content (AvgIpc) is 2.63. The first-order valence-corrected chi connectivity index (χ1v) is 9.03. The van der Waals surface area contributed by atoms with Gasteiger partial charge in [-0.1, -0.05) is 23.7 Å². The molecule has 1 aliphatic carbocycles. The van der Waals surface area contributed by atoms with Gasteiger partial charge in [-0.25, -0.2) is 4.79 Å². The van der Waals surface area contributed by atoms with Gasteiger partial charge in [-0.3, -0.25) is 0 Å². The molecular formula is C20H18ClF3N2O2. The maximum atomic E-state index is 13.0. The van der Waals surface area contributed by atoms with Crippen molar-refractivity contribution in [2.24, 2.45) is 0 Å². The number of hydrogen-bond donors (Lipinski definition) is 2. The fraction of sp³-hybridized carbons (Fsp3) is 0.250. The van der Waals surface area contributed by atoms with Crippen LogP contribution in [0.5, 0.6) is 0 Å². The van der Waals surface area contributed by atoms with Crippen LogP contribution >= 0.6 is 11.6 Å². The lowest BCUT2D eigenvalue weighted by Crippen LogP contribution is -2.21. The number of allylic oxidation sites excluding steroid dienone is 2. The van der Waals surface area contributed by atoms with E-state index in [2.05, 4.69) is 10.6 Å². The van der Waals surface area contributed by atoms with E-state index >= 15 is 0 Å². The fourth-order valence-electron chi connectivity index (χ4n) is 3.03. The Morgan fingerprint density at radius 1 is 1.21 bits per heavy atom. The summed E-state index contributed by atoms with van der Waals surface area (Å²) in [6.07, 6.45) is -1.41. The number of urea groups is 1. The standard InChI is InChI=1S/C20H18ClF3N2O2/c1-2-28-14-7-8-15-12(10-14)4-3-5-18(15)26-19(27)25-13-6-9-17(21)16(11-13)20(22,23)24/h3-7,9,11H,2,8,10H2,1H3,(H2,25,26,27). The van der Waals surface area contributed by atoms with Crippen molar-refractivity contribution < 1.29 is 22.7 Å². The average molecular weight is 411 g/mol. The Balaban J connectivity index is 1.74. The van der Waals surface area contributed by atoms with Gasteiger partial charge in [0.15, 0.2) is 0 Å². The van der Waals surface area contributed by atoms with Crippen LogP contribution in [-0.4, -0.2) is 12.6 Å². The molecule has 3 rings (SSSR count). The third-order valence-corrected chi connectivity index (χ3v) is 4.61. The van der Waals surface area contributed by atoms with Crippen LogP contribution in [0.4, 0.5) is 29.3 Å². The molecule has 148 valence electrons. The van der Waals surface area contributed by atoms with Crippen LogP contribution in [0.1, 0.15) is 23.6 Å². The summed E-state index contributed by atoms with van der Waals surface area (Å²) < 4.78 is 44.4. The van der Waals surface area contributed by atoms with Gasteiger partial charge in [0.25, 0.3) is 0 Å². The number of alkyl halides is 3. The molecule has 8 heteroatoms. The molecule has 2 N–H and O–H groups in total. The Hall–Kier alpha value is -2.67. The van der Waals surface area contributed by atoms with Gasteiger partial charge in [0.1, 0.15) is 0 Å². The van der Waals surface area contributed by atoms with E-state index in [1.54, 1.807) is 6.07 Å². The van der Waals surface area contributed by atoms with Crippen LogP contribution in [0, 0.1) is 0 Å². The zero-order valence-corrected chi connectivity index (χ0v) is 15.7. The maximum absolute atomic E-state index is 13.0. The van der Waals surface area contributed by atoms with Crippen LogP contribution < -0.4 is 10.6 Å². The number of ether oxygens (including phenoxy) is 1. The van der Waals surface area contributed by atoms with Crippen molar-refractivity contribution in [2.45, 2.75) is 25.9 Å². The highest BCUT2D eigenvalue weighted by Gasteiger charge is 2.33. The number of fused-ring (bicyclic) bond motifs is 1. The van der Waals surface area contributed by atoms with Gasteiger partial charge >= 0.3 is 12.2 Å². The highest BCUT2D eigenvalue weighted by molar-refractivity contribution is 6.31. The van der Waals surface area contributed by atoms with Gasteiger partial charge in [-0.2, -0.15) is 13.2 Å². The normalized spacial score (nSPS) is 13.4. The van der Waals surface area contributed by atoms with Crippen molar-refractivity contribution in [3.05, 3.63) is 69.9 Å². The third-order valence-electron chi connectivity index (χ3n) is 4.28. The number of carbonyl (C=O) groups is 1. The van der Waals surface area contributed by atoms with Crippen molar-refractivity contribution in [3.8, 4) is 0 Å². The second-order valence-electron chi connectivity index (χ2n) is 6.20. The number of anilines is 2. The first-order chi connectivity index (χ1) is 13.3. The molecule has 0 spiro atoms. The molecule has 1 aliphatic rings. The van der Waals surface area contributed by atoms with Crippen LogP contribution in [0.25, 0.3) is 0 Å². The number of benzene rings is 2. The Bertz CT molecular complexity index is 926. The minimum Gasteiger partial charge on any atom is -0.498 e. The van der Waals surface area contributed by atoms with Crippen molar-refractivity contribution in [3.63, 3.8) is 0 Å². The number of nitrogens with one attached hydrogen (secondary N) is 2. The molecule has 0 bridgehead atoms. The Labute approximate surface area is 165 Å². The van der Waals surface area contributed by atoms with E-state index in [0.29, 0.717) is 25.1 Å². The number of halogens is 4. The van der Waals surface area contributed by atoms with Crippen molar-refractivity contribution >= 4 is 29.0 Å². The predicted octanol–water partition coefficient (Wildman–Crippen LogP) is 6.02. The van der Waals surface area contributed by atoms with E-state index in [9.17, 15) is 18.0 Å². The molecule has 2 aromatic carbocycles. The second kappa shape index (κ2) is 8.14. The number of rotatable bonds is 4. The van der Waals surface area contributed by atoms with E-state index in [1.807, 2.05) is 25.1 Å². The fourth-order valence-corrected chi connectivity index (χ4v) is 3.26. The Morgan fingerprint density at radius 2 is 2.00 bits per heavy atom. The molecule has 0 heterocycles. The van der Waals surface area contributed by atoms with E-state index < -0.39 is 22.8 Å². The summed E-state index contributed by atoms with van der Waals surface area (Å²) in [6.45, 7) is 2.50. The largest absolute Gasteiger partial charge is 0.498 e. The molecular weight excluding hydrogens is 393 g/mol. The highest BCUT2D eigenvalue weighted by atomic mass is 35.5. The van der Waals surface area contributed by atoms with Gasteiger partial charge < -0.3 is 15.4 Å². The van der Waals surface area contributed by atoms with Crippen LogP contribution in [0.15, 0.2) is 48.2 Å². The summed E-state index contributed by atoms with van der Waals surface area (Å²) in [7, 11) is 0. The van der Waals surface area contributed by atoms with Gasteiger partial charge in [-0.15, -0.1) is 0 Å². The first kappa shape index (κ1) is 20.1. The third kappa shape index (κ3) is 4.59. The zero-order valence-electron chi connectivity index (χ0n) is 15.0. The van der Waals surface area contributed by atoms with Crippen LogP contribution in [0.2, 0.25) is 5.02 Å². The molecule has 4 nitrogen and oxygen atoms in total. The van der Waals surface area contributed by atoms with E-state index in [0.717, 1.165) is 29.0 Å². The number of amides is 2. The van der Waals surface area contributed by atoms with E-state index in [4.69, 9.17) is 16.3 Å². The van der Waals surface area contributed by atoms with Gasteiger partial charge in [0.05, 0.1) is 23.0 Å². The zero-order chi connectivity index (χ0) is 20.3. The van der Waals surface area contributed by atoms with E-state index in [-0.39, 0.29) is 5.69 Å². The lowest BCUT2D eigenvalue weighted by atomic mass is 9.94. The van der Waals surface area contributed by atoms with Crippen molar-refractivity contribution in [2.75, 3.05) is 17.2 Å².